The third kappa shape index (κ3) is 4.92. The third-order valence-electron chi connectivity index (χ3n) is 4.69. The van der Waals surface area contributed by atoms with Crippen molar-refractivity contribution in [2.24, 2.45) is 5.92 Å². The van der Waals surface area contributed by atoms with Gasteiger partial charge in [0.1, 0.15) is 11.6 Å². The Hall–Kier alpha value is -2.80. The van der Waals surface area contributed by atoms with Gasteiger partial charge in [0, 0.05) is 24.7 Å². The van der Waals surface area contributed by atoms with Crippen LogP contribution in [0.25, 0.3) is 0 Å². The standard InChI is InChI=1S/C20H22FN3O3.ClH/c1-27-16-8-9-17(22)18(11-16)23-19(25)14-3-2-10-24(12-14)20(26)13-4-6-15(21)7-5-13;/h4-9,11,14H,2-3,10,12,22H2,1H3,(H,23,25);1H. The molecule has 0 aliphatic carbocycles. The number of carbonyl (C=O) groups is 2. The number of ether oxygens (including phenoxy) is 1. The van der Waals surface area contributed by atoms with Gasteiger partial charge in [0.2, 0.25) is 5.91 Å². The lowest BCUT2D eigenvalue weighted by Crippen LogP contribution is -2.43. The van der Waals surface area contributed by atoms with Crippen LogP contribution in [0.3, 0.4) is 0 Å². The van der Waals surface area contributed by atoms with Gasteiger partial charge in [-0.3, -0.25) is 9.59 Å². The number of nitrogen functional groups attached to an aromatic ring is 1. The Balaban J connectivity index is 0.00000280. The molecule has 0 radical (unpaired) electrons. The highest BCUT2D eigenvalue weighted by Gasteiger charge is 2.29. The van der Waals surface area contributed by atoms with Crippen molar-refractivity contribution in [2.75, 3.05) is 31.2 Å². The summed E-state index contributed by atoms with van der Waals surface area (Å²) in [4.78, 5) is 26.9. The Kier molecular flexibility index (Phi) is 7.23. The number of anilines is 2. The second-order valence-corrected chi connectivity index (χ2v) is 6.54. The number of amides is 2. The molecule has 0 aromatic heterocycles. The molecule has 1 unspecified atom stereocenters. The van der Waals surface area contributed by atoms with Gasteiger partial charge in [-0.1, -0.05) is 0 Å². The summed E-state index contributed by atoms with van der Waals surface area (Å²) >= 11 is 0. The monoisotopic (exact) mass is 407 g/mol. The summed E-state index contributed by atoms with van der Waals surface area (Å²) in [6, 6.07) is 10.5. The summed E-state index contributed by atoms with van der Waals surface area (Å²) in [5.41, 5.74) is 7.26. The van der Waals surface area contributed by atoms with Crippen LogP contribution in [0.4, 0.5) is 15.8 Å². The van der Waals surface area contributed by atoms with Gasteiger partial charge >= 0.3 is 0 Å². The van der Waals surface area contributed by atoms with Gasteiger partial charge in [0.15, 0.2) is 0 Å². The molecule has 28 heavy (non-hydrogen) atoms. The van der Waals surface area contributed by atoms with Crippen molar-refractivity contribution in [3.63, 3.8) is 0 Å². The van der Waals surface area contributed by atoms with E-state index in [1.165, 1.54) is 31.4 Å². The molecule has 3 rings (SSSR count). The Morgan fingerprint density at radius 1 is 1.21 bits per heavy atom. The average molecular weight is 408 g/mol. The quantitative estimate of drug-likeness (QED) is 0.761. The highest BCUT2D eigenvalue weighted by atomic mass is 35.5. The fourth-order valence-corrected chi connectivity index (χ4v) is 3.16. The number of benzene rings is 2. The van der Waals surface area contributed by atoms with Crippen LogP contribution in [0, 0.1) is 11.7 Å². The Labute approximate surface area is 169 Å². The van der Waals surface area contributed by atoms with Crippen LogP contribution < -0.4 is 15.8 Å². The maximum absolute atomic E-state index is 13.1. The van der Waals surface area contributed by atoms with Crippen LogP contribution in [-0.4, -0.2) is 36.9 Å². The highest BCUT2D eigenvalue weighted by Crippen LogP contribution is 2.26. The van der Waals surface area contributed by atoms with E-state index in [0.717, 1.165) is 6.42 Å². The number of hydrogen-bond acceptors (Lipinski definition) is 4. The number of methoxy groups -OCH3 is 1. The molecule has 8 heteroatoms. The molecule has 1 atom stereocenters. The summed E-state index contributed by atoms with van der Waals surface area (Å²) in [5, 5.41) is 2.83. The molecule has 1 aliphatic rings. The van der Waals surface area contributed by atoms with Crippen LogP contribution >= 0.6 is 12.4 Å². The molecule has 2 aromatic carbocycles. The van der Waals surface area contributed by atoms with Crippen molar-refractivity contribution in [2.45, 2.75) is 12.8 Å². The van der Waals surface area contributed by atoms with Gasteiger partial charge in [-0.2, -0.15) is 0 Å². The van der Waals surface area contributed by atoms with Gasteiger partial charge in [-0.05, 0) is 49.2 Å². The summed E-state index contributed by atoms with van der Waals surface area (Å²) in [7, 11) is 1.54. The molecular weight excluding hydrogens is 385 g/mol. The predicted octanol–water partition coefficient (Wildman–Crippen LogP) is 3.33. The maximum Gasteiger partial charge on any atom is 0.253 e. The van der Waals surface area contributed by atoms with E-state index in [4.69, 9.17) is 10.5 Å². The van der Waals surface area contributed by atoms with E-state index < -0.39 is 5.82 Å². The fraction of sp³-hybridized carbons (Fsp3) is 0.300. The van der Waals surface area contributed by atoms with Crippen molar-refractivity contribution in [1.29, 1.82) is 0 Å². The first-order valence-electron chi connectivity index (χ1n) is 8.77. The molecule has 0 saturated carbocycles. The second kappa shape index (κ2) is 9.41. The first-order chi connectivity index (χ1) is 13.0. The van der Waals surface area contributed by atoms with Crippen molar-refractivity contribution in [3.8, 4) is 5.75 Å². The maximum atomic E-state index is 13.1. The van der Waals surface area contributed by atoms with Crippen LogP contribution in [-0.2, 0) is 4.79 Å². The SMILES string of the molecule is COc1ccc(N)c(NC(=O)C2CCCN(C(=O)c3ccc(F)cc3)C2)c1.Cl. The lowest BCUT2D eigenvalue weighted by molar-refractivity contribution is -0.121. The minimum absolute atomic E-state index is 0. The molecule has 1 saturated heterocycles. The van der Waals surface area contributed by atoms with Gasteiger partial charge in [0.25, 0.3) is 5.91 Å². The lowest BCUT2D eigenvalue weighted by atomic mass is 9.96. The van der Waals surface area contributed by atoms with E-state index in [1.54, 1.807) is 23.1 Å². The fourth-order valence-electron chi connectivity index (χ4n) is 3.16. The molecule has 1 aliphatic heterocycles. The molecular formula is C20H23ClFN3O3. The van der Waals surface area contributed by atoms with Gasteiger partial charge < -0.3 is 20.7 Å². The molecule has 3 N–H and O–H groups in total. The highest BCUT2D eigenvalue weighted by molar-refractivity contribution is 5.97. The van der Waals surface area contributed by atoms with Crippen molar-refractivity contribution in [1.82, 2.24) is 4.90 Å². The minimum Gasteiger partial charge on any atom is -0.497 e. The van der Waals surface area contributed by atoms with Crippen molar-refractivity contribution >= 4 is 35.6 Å². The molecule has 1 fully saturated rings. The number of nitrogens with zero attached hydrogens (tertiary/aromatic N) is 1. The normalized spacial score (nSPS) is 16.1. The number of halogens is 2. The third-order valence-corrected chi connectivity index (χ3v) is 4.69. The second-order valence-electron chi connectivity index (χ2n) is 6.54. The van der Waals surface area contributed by atoms with Crippen LogP contribution in [0.1, 0.15) is 23.2 Å². The average Bonchev–Trinajstić information content (AvgIpc) is 2.69. The zero-order chi connectivity index (χ0) is 19.4. The van der Waals surface area contributed by atoms with Gasteiger partial charge in [-0.15, -0.1) is 12.4 Å². The number of likely N-dealkylation sites (tertiary alicyclic amines) is 1. The summed E-state index contributed by atoms with van der Waals surface area (Å²) in [6.07, 6.45) is 1.40. The number of nitrogens with one attached hydrogen (secondary N) is 1. The lowest BCUT2D eigenvalue weighted by Gasteiger charge is -2.32. The Morgan fingerprint density at radius 2 is 1.93 bits per heavy atom. The van der Waals surface area contributed by atoms with E-state index in [1.807, 2.05) is 0 Å². The van der Waals surface area contributed by atoms with E-state index in [0.29, 0.717) is 42.2 Å². The first kappa shape index (κ1) is 21.5. The smallest absolute Gasteiger partial charge is 0.253 e. The molecule has 2 amide bonds. The Bertz CT molecular complexity index is 845. The molecule has 1 heterocycles. The topological polar surface area (TPSA) is 84.7 Å². The molecule has 6 nitrogen and oxygen atoms in total. The van der Waals surface area contributed by atoms with Crippen LogP contribution in [0.15, 0.2) is 42.5 Å². The zero-order valence-electron chi connectivity index (χ0n) is 15.5. The molecule has 0 bridgehead atoms. The zero-order valence-corrected chi connectivity index (χ0v) is 16.3. The number of piperidine rings is 1. The molecule has 0 spiro atoms. The summed E-state index contributed by atoms with van der Waals surface area (Å²) < 4.78 is 18.2. The van der Waals surface area contributed by atoms with Crippen molar-refractivity contribution < 1.29 is 18.7 Å². The molecule has 150 valence electrons. The van der Waals surface area contributed by atoms with Gasteiger partial charge in [0.05, 0.1) is 24.4 Å². The van der Waals surface area contributed by atoms with Crippen molar-refractivity contribution in [3.05, 3.63) is 53.8 Å². The molecule has 2 aromatic rings. The largest absolute Gasteiger partial charge is 0.497 e. The number of nitrogens with two attached hydrogens (primary N) is 1. The summed E-state index contributed by atoms with van der Waals surface area (Å²) in [5.74, 6) is -0.525. The van der Waals surface area contributed by atoms with Gasteiger partial charge in [-0.25, -0.2) is 4.39 Å². The number of carbonyl (C=O) groups excluding carboxylic acids is 2. The number of hydrogen-bond donors (Lipinski definition) is 2. The van der Waals surface area contributed by atoms with E-state index in [2.05, 4.69) is 5.32 Å². The van der Waals surface area contributed by atoms with E-state index in [-0.39, 0.29) is 30.1 Å². The first-order valence-corrected chi connectivity index (χ1v) is 8.77. The van der Waals surface area contributed by atoms with E-state index in [9.17, 15) is 14.0 Å². The Morgan fingerprint density at radius 3 is 2.61 bits per heavy atom. The van der Waals surface area contributed by atoms with Crippen LogP contribution in [0.5, 0.6) is 5.75 Å². The van der Waals surface area contributed by atoms with E-state index >= 15 is 0 Å². The predicted molar refractivity (Wildman–Crippen MR) is 108 cm³/mol. The number of rotatable bonds is 4. The minimum atomic E-state index is -0.390. The van der Waals surface area contributed by atoms with Crippen LogP contribution in [0.2, 0.25) is 0 Å². The summed E-state index contributed by atoms with van der Waals surface area (Å²) in [6.45, 7) is 0.882.